The molecule has 17 rings (SSSR count). The van der Waals surface area contributed by atoms with Crippen molar-refractivity contribution in [1.82, 2.24) is 79.1 Å². The van der Waals surface area contributed by atoms with E-state index in [0.717, 1.165) is 112 Å². The van der Waals surface area contributed by atoms with Crippen LogP contribution < -0.4 is 29.7 Å². The highest BCUT2D eigenvalue weighted by molar-refractivity contribution is 6.62. The van der Waals surface area contributed by atoms with Gasteiger partial charge in [0.25, 0.3) is 5.91 Å². The molecule has 2 aliphatic carbocycles. The lowest BCUT2D eigenvalue weighted by Crippen LogP contribution is -2.51. The number of hydrogen-bond donors (Lipinski definition) is 2. The summed E-state index contributed by atoms with van der Waals surface area (Å²) in [6.07, 6.45) is 24.6. The normalized spacial score (nSPS) is 15.0. The van der Waals surface area contributed by atoms with Crippen LogP contribution >= 0.6 is 24.0 Å². The fraction of sp³-hybridized carbons (Fsp3) is 0.372. The maximum absolute atomic E-state index is 13.5. The van der Waals surface area contributed by atoms with Gasteiger partial charge in [0, 0.05) is 209 Å². The summed E-state index contributed by atoms with van der Waals surface area (Å²) in [4.78, 5) is 95.9. The summed E-state index contributed by atoms with van der Waals surface area (Å²) < 4.78 is 49.7. The number of pyridine rings is 4. The number of methoxy groups -OCH3 is 4. The van der Waals surface area contributed by atoms with Crippen molar-refractivity contribution in [2.45, 2.75) is 78.4 Å². The number of halogens is 2. The topological polar surface area (TPSA) is 341 Å². The van der Waals surface area contributed by atoms with Gasteiger partial charge >= 0.3 is 25.0 Å². The third-order valence-corrected chi connectivity index (χ3v) is 21.5. The smallest absolute Gasteiger partial charge is 0.497 e. The van der Waals surface area contributed by atoms with Crippen LogP contribution in [-0.4, -0.2) is 227 Å². The summed E-state index contributed by atoms with van der Waals surface area (Å²) in [5.74, 6) is 1.98. The molecule has 2 N–H and O–H groups in total. The van der Waals surface area contributed by atoms with E-state index in [-0.39, 0.29) is 59.6 Å². The van der Waals surface area contributed by atoms with E-state index >= 15 is 0 Å². The van der Waals surface area contributed by atoms with E-state index in [2.05, 4.69) is 45.6 Å². The fourth-order valence-corrected chi connectivity index (χ4v) is 14.0. The Morgan fingerprint density at radius 1 is 0.467 bits per heavy atom. The van der Waals surface area contributed by atoms with Crippen molar-refractivity contribution in [2.24, 2.45) is 40.0 Å². The molecule has 12 aromatic rings. The van der Waals surface area contributed by atoms with Crippen LogP contribution in [0.2, 0.25) is 5.02 Å². The van der Waals surface area contributed by atoms with Crippen LogP contribution in [0.3, 0.4) is 0 Å². The number of aromatic nitrogens is 12. The first-order chi connectivity index (χ1) is 57.1. The number of carbonyl (C=O) groups is 6. The number of nitrogens with zero attached hydrogens (tertiary/aromatic N) is 15. The predicted molar refractivity (Wildman–Crippen MR) is 457 cm³/mol. The molecule has 2 saturated carbocycles. The Morgan fingerprint density at radius 2 is 0.808 bits per heavy atom. The number of fused-ring (bicyclic) bond motifs is 4. The van der Waals surface area contributed by atoms with Crippen molar-refractivity contribution in [3.05, 3.63) is 174 Å². The average molecular weight is 1680 g/mol. The predicted octanol–water partition coefficient (Wildman–Crippen LogP) is 11.5. The molecule has 8 aromatic heterocycles. The van der Waals surface area contributed by atoms with Gasteiger partial charge in [0.05, 0.1) is 121 Å². The third-order valence-electron chi connectivity index (χ3n) is 21.1. The quantitative estimate of drug-likeness (QED) is 0.0670. The van der Waals surface area contributed by atoms with E-state index in [4.69, 9.17) is 49.3 Å². The van der Waals surface area contributed by atoms with Crippen LogP contribution in [0.1, 0.15) is 109 Å². The highest BCUT2D eigenvalue weighted by Crippen LogP contribution is 2.40. The molecule has 120 heavy (non-hydrogen) atoms. The molecule has 0 bridgehead atoms. The second kappa shape index (κ2) is 39.2. The molecule has 0 unspecified atom stereocenters. The Hall–Kier alpha value is -12.1. The van der Waals surface area contributed by atoms with Crippen molar-refractivity contribution >= 4 is 116 Å². The lowest BCUT2D eigenvalue weighted by molar-refractivity contribution is -0.134. The van der Waals surface area contributed by atoms with Crippen LogP contribution in [0.15, 0.2) is 147 Å². The molecular formula is C86H99BCl2N16O15. The lowest BCUT2D eigenvalue weighted by atomic mass is 9.82. The molecule has 0 radical (unpaired) electrons. The van der Waals surface area contributed by atoms with Gasteiger partial charge < -0.3 is 62.9 Å². The van der Waals surface area contributed by atoms with E-state index in [9.17, 15) is 33.9 Å². The van der Waals surface area contributed by atoms with Gasteiger partial charge in [-0.1, -0.05) is 11.6 Å². The summed E-state index contributed by atoms with van der Waals surface area (Å²) in [6.45, 7) is 18.3. The van der Waals surface area contributed by atoms with Gasteiger partial charge in [-0.05, 0) is 140 Å². The molecule has 5 aliphatic rings. The van der Waals surface area contributed by atoms with Crippen LogP contribution in [0.5, 0.6) is 23.0 Å². The summed E-state index contributed by atoms with van der Waals surface area (Å²) in [6, 6.07) is 21.9. The van der Waals surface area contributed by atoms with Gasteiger partial charge in [0.15, 0.2) is 0 Å². The van der Waals surface area contributed by atoms with E-state index in [1.165, 1.54) is 12.4 Å². The van der Waals surface area contributed by atoms with Gasteiger partial charge in [-0.2, -0.15) is 20.4 Å². The molecule has 5 fully saturated rings. The zero-order valence-corrected chi connectivity index (χ0v) is 71.2. The number of benzene rings is 4. The molecule has 11 heterocycles. The summed E-state index contributed by atoms with van der Waals surface area (Å²) in [5, 5.41) is 32.8. The first-order valence-electron chi connectivity index (χ1n) is 39.1. The van der Waals surface area contributed by atoms with Gasteiger partial charge in [0.1, 0.15) is 23.0 Å². The summed E-state index contributed by atoms with van der Waals surface area (Å²) >= 11 is 6.20. The Morgan fingerprint density at radius 3 is 1.18 bits per heavy atom. The Kier molecular flexibility index (Phi) is 29.0. The Labute approximate surface area is 706 Å². The van der Waals surface area contributed by atoms with Crippen LogP contribution in [0.25, 0.3) is 77.0 Å². The molecular weight excluding hydrogens is 1580 g/mol. The highest BCUT2D eigenvalue weighted by Gasteiger charge is 2.52. The number of amides is 3. The number of piperazine rings is 2. The Balaban J connectivity index is 0.000000144. The van der Waals surface area contributed by atoms with Crippen molar-refractivity contribution in [2.75, 3.05) is 94.0 Å². The number of aromatic carboxylic acids is 1. The van der Waals surface area contributed by atoms with Crippen LogP contribution in [0.4, 0.5) is 0 Å². The minimum absolute atomic E-state index is 0. The Bertz CT molecular complexity index is 5680. The van der Waals surface area contributed by atoms with Crippen LogP contribution in [0, 0.1) is 11.8 Å². The van der Waals surface area contributed by atoms with Crippen molar-refractivity contribution in [1.29, 1.82) is 0 Å². The fourth-order valence-electron chi connectivity index (χ4n) is 13.7. The molecule has 31 nitrogen and oxygen atoms in total. The number of hydrogen-bond acceptors (Lipinski definition) is 23. The molecule has 3 amide bonds. The maximum atomic E-state index is 13.5. The van der Waals surface area contributed by atoms with Gasteiger partial charge in [-0.3, -0.25) is 53.0 Å². The van der Waals surface area contributed by atoms with Gasteiger partial charge in [-0.25, -0.2) is 14.4 Å². The average Bonchev–Trinajstić information content (AvgIpc) is 1.37. The van der Waals surface area contributed by atoms with Gasteiger partial charge in [0.2, 0.25) is 11.8 Å². The monoisotopic (exact) mass is 1680 g/mol. The summed E-state index contributed by atoms with van der Waals surface area (Å²) in [5.41, 5.74) is 9.30. The zero-order chi connectivity index (χ0) is 85.0. The molecule has 0 atom stereocenters. The number of nitrogens with one attached hydrogen (secondary N) is 1. The van der Waals surface area contributed by atoms with Crippen molar-refractivity contribution < 1.29 is 71.6 Å². The van der Waals surface area contributed by atoms with Crippen molar-refractivity contribution in [3.8, 4) is 56.4 Å². The molecule has 3 aliphatic heterocycles. The molecule has 4 aromatic carbocycles. The van der Waals surface area contributed by atoms with E-state index in [1.807, 2.05) is 119 Å². The minimum Gasteiger partial charge on any atom is -0.497 e. The van der Waals surface area contributed by atoms with E-state index < -0.39 is 17.9 Å². The number of carboxylic acid groups (broad SMARTS) is 1. The largest absolute Gasteiger partial charge is 0.498 e. The first kappa shape index (κ1) is 88.7. The summed E-state index contributed by atoms with van der Waals surface area (Å²) in [7, 11) is 13.4. The van der Waals surface area contributed by atoms with E-state index in [1.54, 1.807) is 148 Å². The minimum atomic E-state index is -1.02. The second-order valence-corrected chi connectivity index (χ2v) is 30.3. The van der Waals surface area contributed by atoms with Gasteiger partial charge in [-0.15, -0.1) is 12.4 Å². The number of carbonyl (C=O) groups excluding carboxylic acids is 5. The highest BCUT2D eigenvalue weighted by atomic mass is 35.5. The molecule has 3 saturated heterocycles. The number of rotatable bonds is 16. The zero-order valence-electron chi connectivity index (χ0n) is 69.6. The maximum Gasteiger partial charge on any atom is 0.498 e. The molecule has 630 valence electrons. The standard InChI is InChI=1S/C23H25N5O3.C17H17N3O3.C15H13N3O3.C13H12ClNO3.C10H17BN2O2.C8H14N2O.ClH/c1-26-14-16(12-25-26)21-18-11-17(31-2)5-6-20(18)24-13-19(21)23(30)28-9-7-27(8-10-28)22(29)15-3-4-15;1-4-23-17(21)14-9-18-15-6-5-12(22-3)7-13(15)16(14)11-8-19-20(2)10-11;1-18-8-9(6-17-18)14-11-5-10(21-2)3-4-13(11)16-7-12(14)15(19)20;1-3-18-13(16)10-7-15-11-5-4-8(17-2)6-9(11)12(10)14;1-9(2)10(3,4)15-11(14-9)8-6-12-13(5)7-8;11-8(7-1-2-7)10-5-3-9-4-6-10;/h5-6,11-15H,3-4,7-10H2,1-2H3;5-10H,4H2,1-3H3;3-8H,1-2H3,(H,19,20);4-7H,3H2,1-2H3;6-7H,1-5H3;7,9H,1-6H2;1H. The lowest BCUT2D eigenvalue weighted by Gasteiger charge is -2.35. The third kappa shape index (κ3) is 20.8. The second-order valence-electron chi connectivity index (χ2n) is 29.9. The molecule has 34 heteroatoms. The van der Waals surface area contributed by atoms with Crippen LogP contribution in [-0.2, 0) is 56.6 Å². The van der Waals surface area contributed by atoms with E-state index in [0.29, 0.717) is 112 Å². The number of ether oxygens (including phenoxy) is 6. The SMILES string of the molecule is CCOC(=O)c1cnc2ccc(OC)cc2c1-c1cnn(C)c1.CCOC(=O)c1cnc2ccc(OC)cc2c1Cl.COc1ccc2ncc(C(=O)N3CCN(C(=O)C4CC4)CC3)c(-c3cnn(C)c3)c2c1.COc1ccc2ncc(C(=O)O)c(-c3cnn(C)c3)c2c1.Cl.Cn1cc(B2OC(C)(C)C(C)(C)O2)cn1.O=C(C1CC1)N1CCNCC1. The molecule has 0 spiro atoms. The van der Waals surface area contributed by atoms with Crippen molar-refractivity contribution in [3.63, 3.8) is 0 Å². The number of aryl methyl sites for hydroxylation is 4. The number of esters is 2. The number of carboxylic acids is 1. The first-order valence-corrected chi connectivity index (χ1v) is 39.5.